The SMILES string of the molecule is Nc1nc(SCCOc2ccc(F)cc2)nc2sccc12. The standard InChI is InChI=1S/C14H12FN3OS2/c15-9-1-3-10(4-2-9)19-6-8-21-14-17-12(16)11-5-7-20-13(11)18-14/h1-5,7H,6,8H2,(H2,16,17,18). The van der Waals surface area contributed by atoms with Gasteiger partial charge in [0.2, 0.25) is 0 Å². The lowest BCUT2D eigenvalue weighted by molar-refractivity contribution is 0.343. The summed E-state index contributed by atoms with van der Waals surface area (Å²) in [5, 5.41) is 3.49. The smallest absolute Gasteiger partial charge is 0.191 e. The summed E-state index contributed by atoms with van der Waals surface area (Å²) in [7, 11) is 0. The van der Waals surface area contributed by atoms with Crippen molar-refractivity contribution in [2.24, 2.45) is 0 Å². The summed E-state index contributed by atoms with van der Waals surface area (Å²) in [6, 6.07) is 7.87. The molecule has 0 saturated carbocycles. The second-order valence-electron chi connectivity index (χ2n) is 4.18. The summed E-state index contributed by atoms with van der Waals surface area (Å²) in [5.74, 6) is 1.56. The number of benzene rings is 1. The molecule has 0 unspecified atom stereocenters. The van der Waals surface area contributed by atoms with E-state index in [-0.39, 0.29) is 5.82 Å². The summed E-state index contributed by atoms with van der Waals surface area (Å²) in [5.41, 5.74) is 5.89. The van der Waals surface area contributed by atoms with Gasteiger partial charge in [-0.1, -0.05) is 11.8 Å². The molecule has 0 amide bonds. The Hall–Kier alpha value is -1.86. The third-order valence-electron chi connectivity index (χ3n) is 2.73. The number of thioether (sulfide) groups is 1. The number of fused-ring (bicyclic) bond motifs is 1. The van der Waals surface area contributed by atoms with E-state index in [0.717, 1.165) is 10.2 Å². The molecule has 2 aromatic heterocycles. The van der Waals surface area contributed by atoms with Gasteiger partial charge in [0.15, 0.2) is 5.16 Å². The maximum atomic E-state index is 12.7. The number of thiophene rings is 1. The lowest BCUT2D eigenvalue weighted by Gasteiger charge is -2.05. The fraction of sp³-hybridized carbons (Fsp3) is 0.143. The van der Waals surface area contributed by atoms with Crippen LogP contribution in [0.25, 0.3) is 10.2 Å². The minimum Gasteiger partial charge on any atom is -0.493 e. The Morgan fingerprint density at radius 2 is 2.00 bits per heavy atom. The predicted octanol–water partition coefficient (Wildman–Crippen LogP) is 3.58. The number of nitrogen functional groups attached to an aromatic ring is 1. The molecule has 3 rings (SSSR count). The van der Waals surface area contributed by atoms with E-state index in [1.807, 2.05) is 11.4 Å². The topological polar surface area (TPSA) is 61.0 Å². The van der Waals surface area contributed by atoms with E-state index < -0.39 is 0 Å². The zero-order chi connectivity index (χ0) is 14.7. The van der Waals surface area contributed by atoms with Gasteiger partial charge in [-0.05, 0) is 35.7 Å². The number of aromatic nitrogens is 2. The first kappa shape index (κ1) is 14.1. The van der Waals surface area contributed by atoms with Gasteiger partial charge in [-0.25, -0.2) is 14.4 Å². The van der Waals surface area contributed by atoms with Crippen molar-refractivity contribution in [3.05, 3.63) is 41.5 Å². The molecule has 108 valence electrons. The maximum absolute atomic E-state index is 12.7. The van der Waals surface area contributed by atoms with E-state index >= 15 is 0 Å². The van der Waals surface area contributed by atoms with Crippen LogP contribution in [0.3, 0.4) is 0 Å². The Bertz CT molecular complexity index is 746. The Labute approximate surface area is 129 Å². The van der Waals surface area contributed by atoms with Gasteiger partial charge in [0, 0.05) is 5.75 Å². The van der Waals surface area contributed by atoms with E-state index in [2.05, 4.69) is 9.97 Å². The first-order chi connectivity index (χ1) is 10.2. The van der Waals surface area contributed by atoms with Gasteiger partial charge in [0.05, 0.1) is 12.0 Å². The molecule has 0 aliphatic heterocycles. The third kappa shape index (κ3) is 3.43. The molecule has 3 aromatic rings. The number of anilines is 1. The number of hydrogen-bond donors (Lipinski definition) is 1. The van der Waals surface area contributed by atoms with Gasteiger partial charge in [-0.3, -0.25) is 0 Å². The van der Waals surface area contributed by atoms with Crippen LogP contribution in [0, 0.1) is 5.82 Å². The van der Waals surface area contributed by atoms with Crippen LogP contribution in [0.4, 0.5) is 10.2 Å². The maximum Gasteiger partial charge on any atom is 0.191 e. The molecule has 0 fully saturated rings. The molecule has 0 radical (unpaired) electrons. The van der Waals surface area contributed by atoms with E-state index in [1.54, 1.807) is 23.5 Å². The first-order valence-electron chi connectivity index (χ1n) is 6.24. The average Bonchev–Trinajstić information content (AvgIpc) is 2.94. The summed E-state index contributed by atoms with van der Waals surface area (Å²) in [4.78, 5) is 9.59. The second-order valence-corrected chi connectivity index (χ2v) is 6.14. The Morgan fingerprint density at radius 3 is 2.81 bits per heavy atom. The van der Waals surface area contributed by atoms with Gasteiger partial charge in [-0.2, -0.15) is 0 Å². The predicted molar refractivity (Wildman–Crippen MR) is 84.4 cm³/mol. The Morgan fingerprint density at radius 1 is 1.19 bits per heavy atom. The molecule has 0 spiro atoms. The van der Waals surface area contributed by atoms with Crippen molar-refractivity contribution in [3.63, 3.8) is 0 Å². The fourth-order valence-corrected chi connectivity index (χ4v) is 3.24. The van der Waals surface area contributed by atoms with E-state index in [4.69, 9.17) is 10.5 Å². The molecule has 0 bridgehead atoms. The zero-order valence-electron chi connectivity index (χ0n) is 11.0. The van der Waals surface area contributed by atoms with Crippen LogP contribution < -0.4 is 10.5 Å². The molecular formula is C14H12FN3OS2. The van der Waals surface area contributed by atoms with Crippen molar-refractivity contribution in [3.8, 4) is 5.75 Å². The highest BCUT2D eigenvalue weighted by molar-refractivity contribution is 7.99. The van der Waals surface area contributed by atoms with Crippen molar-refractivity contribution < 1.29 is 9.13 Å². The summed E-state index contributed by atoms with van der Waals surface area (Å²) < 4.78 is 18.3. The van der Waals surface area contributed by atoms with E-state index in [9.17, 15) is 4.39 Å². The lowest BCUT2D eigenvalue weighted by atomic mass is 10.3. The number of halogens is 1. The molecule has 4 nitrogen and oxygen atoms in total. The van der Waals surface area contributed by atoms with Crippen LogP contribution in [-0.4, -0.2) is 22.3 Å². The number of hydrogen-bond acceptors (Lipinski definition) is 6. The van der Waals surface area contributed by atoms with Gasteiger partial charge < -0.3 is 10.5 Å². The quantitative estimate of drug-likeness (QED) is 0.442. The molecule has 0 aliphatic carbocycles. The highest BCUT2D eigenvalue weighted by Crippen LogP contribution is 2.26. The van der Waals surface area contributed by atoms with Crippen molar-refractivity contribution in [2.75, 3.05) is 18.1 Å². The minimum atomic E-state index is -0.273. The molecule has 21 heavy (non-hydrogen) atoms. The van der Waals surface area contributed by atoms with Gasteiger partial charge in [0.25, 0.3) is 0 Å². The second kappa shape index (κ2) is 6.28. The largest absolute Gasteiger partial charge is 0.493 e. The van der Waals surface area contributed by atoms with Crippen molar-refractivity contribution >= 4 is 39.1 Å². The van der Waals surface area contributed by atoms with E-state index in [1.165, 1.54) is 23.9 Å². The number of rotatable bonds is 5. The molecule has 0 saturated heterocycles. The minimum absolute atomic E-state index is 0.273. The summed E-state index contributed by atoms with van der Waals surface area (Å²) in [6.07, 6.45) is 0. The normalized spacial score (nSPS) is 10.9. The lowest BCUT2D eigenvalue weighted by Crippen LogP contribution is -2.02. The molecule has 7 heteroatoms. The van der Waals surface area contributed by atoms with Crippen LogP contribution in [0.2, 0.25) is 0 Å². The molecular weight excluding hydrogens is 309 g/mol. The highest BCUT2D eigenvalue weighted by atomic mass is 32.2. The van der Waals surface area contributed by atoms with Crippen molar-refractivity contribution in [2.45, 2.75) is 5.16 Å². The van der Waals surface area contributed by atoms with Crippen molar-refractivity contribution in [1.82, 2.24) is 9.97 Å². The van der Waals surface area contributed by atoms with Crippen LogP contribution in [-0.2, 0) is 0 Å². The van der Waals surface area contributed by atoms with E-state index in [0.29, 0.717) is 29.1 Å². The summed E-state index contributed by atoms with van der Waals surface area (Å²) in [6.45, 7) is 0.488. The summed E-state index contributed by atoms with van der Waals surface area (Å²) >= 11 is 3.02. The number of nitrogens with two attached hydrogens (primary N) is 1. The molecule has 2 N–H and O–H groups in total. The van der Waals surface area contributed by atoms with Gasteiger partial charge in [0.1, 0.15) is 22.2 Å². The zero-order valence-corrected chi connectivity index (χ0v) is 12.6. The number of ether oxygens (including phenoxy) is 1. The molecule has 0 atom stereocenters. The van der Waals surface area contributed by atoms with Gasteiger partial charge >= 0.3 is 0 Å². The fourth-order valence-electron chi connectivity index (χ4n) is 1.75. The van der Waals surface area contributed by atoms with Crippen molar-refractivity contribution in [1.29, 1.82) is 0 Å². The third-order valence-corrected chi connectivity index (χ3v) is 4.35. The van der Waals surface area contributed by atoms with Crippen LogP contribution >= 0.6 is 23.1 Å². The molecule has 2 heterocycles. The molecule has 0 aliphatic rings. The van der Waals surface area contributed by atoms with Gasteiger partial charge in [-0.15, -0.1) is 11.3 Å². The Balaban J connectivity index is 1.55. The average molecular weight is 321 g/mol. The highest BCUT2D eigenvalue weighted by Gasteiger charge is 2.06. The van der Waals surface area contributed by atoms with Crippen LogP contribution in [0.1, 0.15) is 0 Å². The first-order valence-corrected chi connectivity index (χ1v) is 8.11. The van der Waals surface area contributed by atoms with Crippen LogP contribution in [0.15, 0.2) is 40.9 Å². The Kier molecular flexibility index (Phi) is 4.21. The monoisotopic (exact) mass is 321 g/mol. The molecule has 1 aromatic carbocycles. The van der Waals surface area contributed by atoms with Crippen LogP contribution in [0.5, 0.6) is 5.75 Å². The number of nitrogens with zero attached hydrogens (tertiary/aromatic N) is 2.